The molecule has 1 aliphatic rings. The molecule has 0 aromatic rings. The summed E-state index contributed by atoms with van der Waals surface area (Å²) in [6.45, 7) is 0. The van der Waals surface area contributed by atoms with E-state index >= 15 is 0 Å². The summed E-state index contributed by atoms with van der Waals surface area (Å²) in [6.07, 6.45) is 0. The number of thiol groups is 2. The van der Waals surface area contributed by atoms with Crippen molar-refractivity contribution in [3.63, 3.8) is 0 Å². The van der Waals surface area contributed by atoms with Gasteiger partial charge in [0.05, 0.1) is 8.39 Å². The van der Waals surface area contributed by atoms with Crippen molar-refractivity contribution < 1.29 is 9.90 Å². The summed E-state index contributed by atoms with van der Waals surface area (Å²) in [6, 6.07) is -0.657. The maximum absolute atomic E-state index is 10.7. The van der Waals surface area contributed by atoms with Gasteiger partial charge >= 0.3 is 5.97 Å². The smallest absolute Gasteiger partial charge is 0.321 e. The molecule has 14 heavy (non-hydrogen) atoms. The molecule has 3 nitrogen and oxygen atoms in total. The van der Waals surface area contributed by atoms with Crippen LogP contribution >= 0.6 is 61.5 Å². The third-order valence-electron chi connectivity index (χ3n) is 1.74. The van der Waals surface area contributed by atoms with Crippen molar-refractivity contribution in [2.24, 2.45) is 0 Å². The van der Waals surface area contributed by atoms with E-state index in [9.17, 15) is 4.79 Å². The van der Waals surface area contributed by atoms with Gasteiger partial charge in [0.25, 0.3) is 0 Å². The zero-order chi connectivity index (χ0) is 10.9. The number of carboxylic acid groups (broad SMARTS) is 1. The molecule has 0 aromatic carbocycles. The van der Waals surface area contributed by atoms with Gasteiger partial charge in [0.1, 0.15) is 10.9 Å². The monoisotopic (exact) mass is 285 g/mol. The van der Waals surface area contributed by atoms with E-state index in [0.29, 0.717) is 14.1 Å². The van der Waals surface area contributed by atoms with E-state index in [0.717, 1.165) is 0 Å². The summed E-state index contributed by atoms with van der Waals surface area (Å²) in [5.74, 6) is -0.523. The van der Waals surface area contributed by atoms with E-state index in [4.69, 9.17) is 29.5 Å². The van der Waals surface area contributed by atoms with Gasteiger partial charge in [-0.15, -0.1) is 37.0 Å². The molecular formula is C6H7NO2S5. The van der Waals surface area contributed by atoms with Gasteiger partial charge in [0.15, 0.2) is 0 Å². The summed E-state index contributed by atoms with van der Waals surface area (Å²) in [4.78, 5) is 9.85. The molecule has 8 heteroatoms. The Morgan fingerprint density at radius 3 is 2.21 bits per heavy atom. The lowest BCUT2D eigenvalue weighted by atomic mass is 10.3. The van der Waals surface area contributed by atoms with Crippen molar-refractivity contribution in [1.29, 1.82) is 0 Å². The summed E-state index contributed by atoms with van der Waals surface area (Å²) < 4.78 is 0.623. The maximum Gasteiger partial charge on any atom is 0.321 e. The third-order valence-corrected chi connectivity index (χ3v) is 5.05. The van der Waals surface area contributed by atoms with Crippen LogP contribution in [0.5, 0.6) is 0 Å². The lowest BCUT2D eigenvalue weighted by Gasteiger charge is -2.25. The highest BCUT2D eigenvalue weighted by molar-refractivity contribution is 8.20. The summed E-state index contributed by atoms with van der Waals surface area (Å²) in [7, 11) is 0. The molecule has 0 radical (unpaired) electrons. The minimum Gasteiger partial charge on any atom is -0.480 e. The van der Waals surface area contributed by atoms with Gasteiger partial charge in [-0.25, -0.2) is 0 Å². The molecule has 0 saturated carbocycles. The average molecular weight is 285 g/mol. The fraction of sp³-hybridized carbons (Fsp3) is 0.500. The molecule has 1 atom stereocenters. The van der Waals surface area contributed by atoms with Crippen molar-refractivity contribution in [2.45, 2.75) is 10.9 Å². The SMILES string of the molecule is O=C(O)C1CSC(C(=S)S)(C(=S)S)N1. The van der Waals surface area contributed by atoms with Crippen molar-refractivity contribution in [1.82, 2.24) is 5.32 Å². The second-order valence-corrected chi connectivity index (χ2v) is 6.19. The molecule has 1 saturated heterocycles. The van der Waals surface area contributed by atoms with Crippen molar-refractivity contribution in [3.05, 3.63) is 0 Å². The maximum atomic E-state index is 10.7. The van der Waals surface area contributed by atoms with E-state index in [-0.39, 0.29) is 0 Å². The van der Waals surface area contributed by atoms with E-state index in [1.807, 2.05) is 0 Å². The number of hydrogen-bond acceptors (Lipinski definition) is 5. The molecule has 1 fully saturated rings. The second kappa shape index (κ2) is 4.67. The number of thioether (sulfide) groups is 1. The summed E-state index contributed by atoms with van der Waals surface area (Å²) >= 11 is 19.3. The highest BCUT2D eigenvalue weighted by Gasteiger charge is 2.46. The minimum absolute atomic E-state index is 0.311. The third kappa shape index (κ3) is 2.25. The molecular weight excluding hydrogens is 278 g/mol. The molecule has 1 rings (SSSR count). The van der Waals surface area contributed by atoms with Gasteiger partial charge in [0, 0.05) is 5.75 Å². The van der Waals surface area contributed by atoms with Gasteiger partial charge < -0.3 is 5.11 Å². The van der Waals surface area contributed by atoms with Crippen molar-refractivity contribution in [3.8, 4) is 0 Å². The number of hydrogen-bond donors (Lipinski definition) is 4. The molecule has 0 aromatic heterocycles. The quantitative estimate of drug-likeness (QED) is 0.458. The number of rotatable bonds is 3. The van der Waals surface area contributed by atoms with Crippen molar-refractivity contribution >= 4 is 75.8 Å². The Morgan fingerprint density at radius 1 is 1.50 bits per heavy atom. The van der Waals surface area contributed by atoms with Crippen LogP contribution < -0.4 is 5.32 Å². The minimum atomic E-state index is -0.923. The van der Waals surface area contributed by atoms with Crippen LogP contribution in [0.15, 0.2) is 0 Å². The van der Waals surface area contributed by atoms with Crippen LogP contribution in [0.1, 0.15) is 0 Å². The van der Waals surface area contributed by atoms with E-state index < -0.39 is 16.9 Å². The molecule has 0 bridgehead atoms. The fourth-order valence-electron chi connectivity index (χ4n) is 1.01. The highest BCUT2D eigenvalue weighted by Crippen LogP contribution is 2.36. The largest absolute Gasteiger partial charge is 0.480 e. The van der Waals surface area contributed by atoms with Gasteiger partial charge in [-0.3, -0.25) is 10.1 Å². The van der Waals surface area contributed by atoms with Crippen LogP contribution in [-0.4, -0.2) is 36.1 Å². The molecule has 2 N–H and O–H groups in total. The predicted octanol–water partition coefficient (Wildman–Crippen LogP) is 0.987. The Kier molecular flexibility index (Phi) is 4.24. The van der Waals surface area contributed by atoms with Crippen LogP contribution in [0.3, 0.4) is 0 Å². The standard InChI is InChI=1S/C6H7NO2S5/c8-3(9)2-1-14-6(7-2,4(10)11)5(12)13/h2,7H,1H2,(H,8,9)(H,10,11)(H,12,13). The lowest BCUT2D eigenvalue weighted by molar-refractivity contribution is -0.138. The molecule has 78 valence electrons. The highest BCUT2D eigenvalue weighted by atomic mass is 32.2. The zero-order valence-electron chi connectivity index (χ0n) is 6.76. The topological polar surface area (TPSA) is 49.3 Å². The predicted molar refractivity (Wildman–Crippen MR) is 72.9 cm³/mol. The van der Waals surface area contributed by atoms with E-state index in [1.54, 1.807) is 0 Å². The normalized spacial score (nSPS) is 24.6. The zero-order valence-corrected chi connectivity index (χ0v) is 11.0. The number of thiocarbonyl (C=S) groups is 2. The molecule has 1 aliphatic heterocycles. The fourth-order valence-corrected chi connectivity index (χ4v) is 3.84. The first-order chi connectivity index (χ1) is 6.40. The Hall–Kier alpha value is 0.660. The first kappa shape index (κ1) is 12.7. The average Bonchev–Trinajstić information content (AvgIpc) is 2.48. The second-order valence-electron chi connectivity index (χ2n) is 2.64. The van der Waals surface area contributed by atoms with Crippen molar-refractivity contribution in [2.75, 3.05) is 5.75 Å². The molecule has 1 unspecified atom stereocenters. The Labute approximate surface area is 107 Å². The van der Waals surface area contributed by atoms with Gasteiger partial charge in [-0.2, -0.15) is 0 Å². The molecule has 0 aliphatic carbocycles. The molecule has 1 heterocycles. The Bertz CT molecular complexity index is 291. The first-order valence-electron chi connectivity index (χ1n) is 3.51. The van der Waals surface area contributed by atoms with E-state index in [1.165, 1.54) is 11.8 Å². The molecule has 0 spiro atoms. The van der Waals surface area contributed by atoms with Crippen LogP contribution in [0, 0.1) is 0 Å². The van der Waals surface area contributed by atoms with Gasteiger partial charge in [-0.05, 0) is 0 Å². The Morgan fingerprint density at radius 2 is 2.00 bits per heavy atom. The lowest BCUT2D eigenvalue weighted by Crippen LogP contribution is -2.51. The molecule has 0 amide bonds. The van der Waals surface area contributed by atoms with Gasteiger partial charge in [0.2, 0.25) is 0 Å². The number of carboxylic acids is 1. The summed E-state index contributed by atoms with van der Waals surface area (Å²) in [5, 5.41) is 11.6. The first-order valence-corrected chi connectivity index (χ1v) is 6.21. The van der Waals surface area contributed by atoms with Gasteiger partial charge in [-0.1, -0.05) is 24.4 Å². The van der Waals surface area contributed by atoms with Crippen LogP contribution in [-0.2, 0) is 4.79 Å². The number of nitrogens with one attached hydrogen (secondary N) is 1. The summed E-state index contributed by atoms with van der Waals surface area (Å²) in [5.41, 5.74) is 0. The van der Waals surface area contributed by atoms with Crippen LogP contribution in [0.2, 0.25) is 0 Å². The number of carbonyl (C=O) groups is 1. The van der Waals surface area contributed by atoms with Crippen LogP contribution in [0.25, 0.3) is 0 Å². The Balaban J connectivity index is 2.91. The van der Waals surface area contributed by atoms with E-state index in [2.05, 4.69) is 30.6 Å². The number of aliphatic carboxylic acids is 1. The van der Waals surface area contributed by atoms with Crippen LogP contribution in [0.4, 0.5) is 0 Å².